The van der Waals surface area contributed by atoms with Crippen molar-refractivity contribution in [1.82, 2.24) is 10.6 Å². The summed E-state index contributed by atoms with van der Waals surface area (Å²) in [5, 5.41) is 7.26. The van der Waals surface area contributed by atoms with Crippen LogP contribution in [0.15, 0.2) is 15.2 Å². The van der Waals surface area contributed by atoms with Gasteiger partial charge in [-0.05, 0) is 22.0 Å². The number of carbonyl (C=O) groups excluding carboxylic acids is 2. The Hall–Kier alpha value is -0.880. The van der Waals surface area contributed by atoms with E-state index in [1.54, 1.807) is 11.4 Å². The monoisotopic (exact) mass is 318 g/mol. The van der Waals surface area contributed by atoms with Crippen molar-refractivity contribution in [3.63, 3.8) is 0 Å². The Morgan fingerprint density at radius 1 is 1.35 bits per heavy atom. The molecule has 6 heteroatoms. The van der Waals surface area contributed by atoms with Crippen LogP contribution in [0.5, 0.6) is 0 Å². The van der Waals surface area contributed by atoms with Gasteiger partial charge in [-0.2, -0.15) is 0 Å². The molecule has 1 aromatic rings. The molecule has 0 atom stereocenters. The van der Waals surface area contributed by atoms with Crippen molar-refractivity contribution in [2.24, 2.45) is 5.92 Å². The highest BCUT2D eigenvalue weighted by atomic mass is 79.9. The second-order valence-corrected chi connectivity index (χ2v) is 6.13. The van der Waals surface area contributed by atoms with Gasteiger partial charge in [-0.15, -0.1) is 11.3 Å². The van der Waals surface area contributed by atoms with Gasteiger partial charge in [0.1, 0.15) is 0 Å². The van der Waals surface area contributed by atoms with Gasteiger partial charge >= 0.3 is 0 Å². The lowest BCUT2D eigenvalue weighted by atomic mass is 10.2. The molecule has 0 saturated carbocycles. The number of rotatable bonds is 5. The molecule has 1 heterocycles. The Kier molecular flexibility index (Phi) is 5.64. The summed E-state index contributed by atoms with van der Waals surface area (Å²) in [6.07, 6.45) is 0. The second-order valence-electron chi connectivity index (χ2n) is 3.84. The third-order valence-electron chi connectivity index (χ3n) is 2.06. The minimum Gasteiger partial charge on any atom is -0.354 e. The summed E-state index contributed by atoms with van der Waals surface area (Å²) in [4.78, 5) is 22.8. The zero-order valence-corrected chi connectivity index (χ0v) is 12.2. The predicted octanol–water partition coefficient (Wildman–Crippen LogP) is 2.01. The van der Waals surface area contributed by atoms with Crippen LogP contribution in [0.1, 0.15) is 24.2 Å². The molecule has 0 aliphatic heterocycles. The highest BCUT2D eigenvalue weighted by Crippen LogP contribution is 2.20. The van der Waals surface area contributed by atoms with Crippen molar-refractivity contribution >= 4 is 39.1 Å². The average Bonchev–Trinajstić information content (AvgIpc) is 2.70. The lowest BCUT2D eigenvalue weighted by Gasteiger charge is -2.08. The van der Waals surface area contributed by atoms with E-state index in [1.807, 2.05) is 13.8 Å². The number of hydrogen-bond acceptors (Lipinski definition) is 3. The Balaban J connectivity index is 2.23. The molecule has 0 radical (unpaired) electrons. The fourth-order valence-electron chi connectivity index (χ4n) is 1.10. The van der Waals surface area contributed by atoms with Gasteiger partial charge in [-0.1, -0.05) is 13.8 Å². The summed E-state index contributed by atoms with van der Waals surface area (Å²) in [5.74, 6) is -0.151. The van der Waals surface area contributed by atoms with Gasteiger partial charge in [0.05, 0.1) is 9.35 Å². The molecule has 2 amide bonds. The van der Waals surface area contributed by atoms with E-state index in [-0.39, 0.29) is 17.7 Å². The minimum atomic E-state index is -0.120. The van der Waals surface area contributed by atoms with E-state index >= 15 is 0 Å². The van der Waals surface area contributed by atoms with Gasteiger partial charge in [0.25, 0.3) is 5.91 Å². The van der Waals surface area contributed by atoms with Gasteiger partial charge < -0.3 is 10.6 Å². The maximum absolute atomic E-state index is 11.6. The van der Waals surface area contributed by atoms with Crippen LogP contribution in [0, 0.1) is 5.92 Å². The molecular weight excluding hydrogens is 304 g/mol. The Morgan fingerprint density at radius 3 is 2.53 bits per heavy atom. The standard InChI is InChI=1S/C11H15BrN2O2S/c1-7(2)10(15)13-3-4-14-11(16)8-5-9(12)17-6-8/h5-7H,3-4H2,1-2H3,(H,13,15)(H,14,16). The largest absolute Gasteiger partial charge is 0.354 e. The number of amides is 2. The number of hydrogen-bond donors (Lipinski definition) is 2. The Bertz CT molecular complexity index is 404. The van der Waals surface area contributed by atoms with Crippen molar-refractivity contribution in [2.75, 3.05) is 13.1 Å². The first-order valence-corrected chi connectivity index (χ1v) is 6.98. The van der Waals surface area contributed by atoms with Gasteiger partial charge in [0.15, 0.2) is 0 Å². The van der Waals surface area contributed by atoms with Crippen LogP contribution in [0.2, 0.25) is 0 Å². The van der Waals surface area contributed by atoms with E-state index in [9.17, 15) is 9.59 Å². The lowest BCUT2D eigenvalue weighted by Crippen LogP contribution is -2.36. The molecule has 0 saturated heterocycles. The zero-order valence-electron chi connectivity index (χ0n) is 9.75. The Morgan fingerprint density at radius 2 is 2.00 bits per heavy atom. The quantitative estimate of drug-likeness (QED) is 0.816. The summed E-state index contributed by atoms with van der Waals surface area (Å²) < 4.78 is 0.927. The molecule has 0 aliphatic carbocycles. The van der Waals surface area contributed by atoms with E-state index < -0.39 is 0 Å². The average molecular weight is 319 g/mol. The minimum absolute atomic E-state index is 0.00229. The van der Waals surface area contributed by atoms with Crippen molar-refractivity contribution in [1.29, 1.82) is 0 Å². The lowest BCUT2D eigenvalue weighted by molar-refractivity contribution is -0.123. The molecular formula is C11H15BrN2O2S. The first-order valence-electron chi connectivity index (χ1n) is 5.30. The summed E-state index contributed by atoms with van der Waals surface area (Å²) in [6, 6.07) is 1.77. The van der Waals surface area contributed by atoms with Crippen LogP contribution in [-0.4, -0.2) is 24.9 Å². The van der Waals surface area contributed by atoms with Crippen molar-refractivity contribution in [3.05, 3.63) is 20.8 Å². The molecule has 0 bridgehead atoms. The van der Waals surface area contributed by atoms with Crippen molar-refractivity contribution in [2.45, 2.75) is 13.8 Å². The number of thiophene rings is 1. The molecule has 0 aliphatic rings. The number of carbonyl (C=O) groups is 2. The molecule has 1 rings (SSSR count). The van der Waals surface area contributed by atoms with Crippen molar-refractivity contribution in [3.8, 4) is 0 Å². The molecule has 0 fully saturated rings. The maximum Gasteiger partial charge on any atom is 0.252 e. The highest BCUT2D eigenvalue weighted by Gasteiger charge is 2.08. The second kappa shape index (κ2) is 6.76. The summed E-state index contributed by atoms with van der Waals surface area (Å²) in [5.41, 5.74) is 0.636. The van der Waals surface area contributed by atoms with Crippen LogP contribution in [-0.2, 0) is 4.79 Å². The van der Waals surface area contributed by atoms with E-state index in [0.29, 0.717) is 18.7 Å². The van der Waals surface area contributed by atoms with Gasteiger partial charge in [0.2, 0.25) is 5.91 Å². The van der Waals surface area contributed by atoms with Crippen LogP contribution < -0.4 is 10.6 Å². The molecule has 0 spiro atoms. The molecule has 94 valence electrons. The van der Waals surface area contributed by atoms with E-state index in [0.717, 1.165) is 3.79 Å². The first kappa shape index (κ1) is 14.2. The number of nitrogens with one attached hydrogen (secondary N) is 2. The molecule has 17 heavy (non-hydrogen) atoms. The fourth-order valence-corrected chi connectivity index (χ4v) is 2.23. The Labute approximate surface area is 113 Å². The van der Waals surface area contributed by atoms with Gasteiger partial charge in [0, 0.05) is 24.4 Å². The predicted molar refractivity (Wildman–Crippen MR) is 72.2 cm³/mol. The topological polar surface area (TPSA) is 58.2 Å². The number of halogens is 1. The molecule has 1 aromatic heterocycles. The van der Waals surface area contributed by atoms with Crippen LogP contribution in [0.3, 0.4) is 0 Å². The van der Waals surface area contributed by atoms with Crippen LogP contribution >= 0.6 is 27.3 Å². The van der Waals surface area contributed by atoms with Gasteiger partial charge in [-0.3, -0.25) is 9.59 Å². The molecule has 2 N–H and O–H groups in total. The van der Waals surface area contributed by atoms with Crippen LogP contribution in [0.4, 0.5) is 0 Å². The SMILES string of the molecule is CC(C)C(=O)NCCNC(=O)c1csc(Br)c1. The molecule has 0 unspecified atom stereocenters. The molecule has 4 nitrogen and oxygen atoms in total. The molecule has 0 aromatic carbocycles. The smallest absolute Gasteiger partial charge is 0.252 e. The van der Waals surface area contributed by atoms with E-state index in [1.165, 1.54) is 11.3 Å². The normalized spacial score (nSPS) is 10.4. The van der Waals surface area contributed by atoms with Crippen molar-refractivity contribution < 1.29 is 9.59 Å². The van der Waals surface area contributed by atoms with E-state index in [4.69, 9.17) is 0 Å². The van der Waals surface area contributed by atoms with E-state index in [2.05, 4.69) is 26.6 Å². The summed E-state index contributed by atoms with van der Waals surface area (Å²) in [6.45, 7) is 4.55. The zero-order chi connectivity index (χ0) is 12.8. The summed E-state index contributed by atoms with van der Waals surface area (Å²) in [7, 11) is 0. The van der Waals surface area contributed by atoms with Crippen LogP contribution in [0.25, 0.3) is 0 Å². The first-order chi connectivity index (χ1) is 8.00. The highest BCUT2D eigenvalue weighted by molar-refractivity contribution is 9.11. The third kappa shape index (κ3) is 4.87. The third-order valence-corrected chi connectivity index (χ3v) is 3.57. The van der Waals surface area contributed by atoms with Gasteiger partial charge in [-0.25, -0.2) is 0 Å². The maximum atomic E-state index is 11.6. The fraction of sp³-hybridized carbons (Fsp3) is 0.455. The summed E-state index contributed by atoms with van der Waals surface area (Å²) >= 11 is 4.77.